The zero-order valence-electron chi connectivity index (χ0n) is 14.5. The SMILES string of the molecule is CCOC(=O)C(C(C)=O)C(C(=C(O)OC)[N+](=O)[O-])c1ccccc1C#N. The molecule has 0 aliphatic rings. The number of benzene rings is 1. The van der Waals surface area contributed by atoms with Gasteiger partial charge in [-0.15, -0.1) is 0 Å². The molecule has 0 aromatic heterocycles. The second-order valence-corrected chi connectivity index (χ2v) is 5.17. The van der Waals surface area contributed by atoms with Gasteiger partial charge in [0.15, 0.2) is 0 Å². The number of carbonyl (C=O) groups excluding carboxylic acids is 2. The Kier molecular flexibility index (Phi) is 7.28. The number of allylic oxidation sites excluding steroid dienone is 1. The number of hydrogen-bond acceptors (Lipinski definition) is 8. The van der Waals surface area contributed by atoms with Gasteiger partial charge in [-0.2, -0.15) is 5.26 Å². The Morgan fingerprint density at radius 1 is 1.38 bits per heavy atom. The number of nitrogens with zero attached hydrogens (tertiary/aromatic N) is 2. The van der Waals surface area contributed by atoms with Crippen molar-refractivity contribution in [2.45, 2.75) is 19.8 Å². The van der Waals surface area contributed by atoms with Crippen LogP contribution in [-0.4, -0.2) is 35.5 Å². The van der Waals surface area contributed by atoms with E-state index in [0.717, 1.165) is 14.0 Å². The lowest BCUT2D eigenvalue weighted by Crippen LogP contribution is -2.34. The van der Waals surface area contributed by atoms with E-state index < -0.39 is 40.2 Å². The standard InChI is InChI=1S/C17H18N2O7/c1-4-26-16(21)13(10(2)20)14(15(19(23)24)17(22)25-3)12-8-6-5-7-11(12)9-18/h5-8,13-14,22H,4H2,1-3H3. The van der Waals surface area contributed by atoms with Crippen LogP contribution in [0.15, 0.2) is 35.9 Å². The van der Waals surface area contributed by atoms with Crippen molar-refractivity contribution < 1.29 is 29.1 Å². The first-order valence-electron chi connectivity index (χ1n) is 7.57. The molecule has 0 aliphatic heterocycles. The molecule has 0 radical (unpaired) electrons. The second kappa shape index (κ2) is 9.17. The summed E-state index contributed by atoms with van der Waals surface area (Å²) >= 11 is 0. The molecule has 0 spiro atoms. The first-order valence-corrected chi connectivity index (χ1v) is 7.57. The molecule has 2 atom stereocenters. The zero-order chi connectivity index (χ0) is 19.9. The van der Waals surface area contributed by atoms with Crippen molar-refractivity contribution in [1.29, 1.82) is 5.26 Å². The molecule has 2 unspecified atom stereocenters. The Labute approximate surface area is 149 Å². The summed E-state index contributed by atoms with van der Waals surface area (Å²) in [6.07, 6.45) is 0. The van der Waals surface area contributed by atoms with Crippen molar-refractivity contribution in [2.75, 3.05) is 13.7 Å². The number of esters is 1. The van der Waals surface area contributed by atoms with Gasteiger partial charge in [-0.05, 0) is 25.5 Å². The number of nitro groups is 1. The molecule has 0 heterocycles. The Balaban J connectivity index is 3.82. The van der Waals surface area contributed by atoms with Gasteiger partial charge in [0, 0.05) is 0 Å². The van der Waals surface area contributed by atoms with Crippen molar-refractivity contribution >= 4 is 11.8 Å². The van der Waals surface area contributed by atoms with Crippen LogP contribution in [0.3, 0.4) is 0 Å². The molecule has 0 bridgehead atoms. The first kappa shape index (κ1) is 20.6. The van der Waals surface area contributed by atoms with Crippen LogP contribution in [0.1, 0.15) is 30.9 Å². The van der Waals surface area contributed by atoms with Crippen LogP contribution < -0.4 is 0 Å². The summed E-state index contributed by atoms with van der Waals surface area (Å²) in [4.78, 5) is 35.1. The normalized spacial score (nSPS) is 13.6. The third kappa shape index (κ3) is 4.36. The molecule has 1 rings (SSSR count). The fraction of sp³-hybridized carbons (Fsp3) is 0.353. The average Bonchev–Trinajstić information content (AvgIpc) is 2.60. The van der Waals surface area contributed by atoms with Gasteiger partial charge in [0.05, 0.1) is 30.3 Å². The molecule has 0 fully saturated rings. The van der Waals surface area contributed by atoms with E-state index in [4.69, 9.17) is 4.74 Å². The molecular formula is C17H18N2O7. The summed E-state index contributed by atoms with van der Waals surface area (Å²) in [6.45, 7) is 2.54. The summed E-state index contributed by atoms with van der Waals surface area (Å²) in [5.41, 5.74) is -0.877. The molecule has 9 nitrogen and oxygen atoms in total. The van der Waals surface area contributed by atoms with Crippen molar-refractivity contribution in [2.24, 2.45) is 5.92 Å². The van der Waals surface area contributed by atoms with Gasteiger partial charge in [0.1, 0.15) is 17.6 Å². The highest BCUT2D eigenvalue weighted by atomic mass is 16.6. The topological polar surface area (TPSA) is 140 Å². The molecule has 0 saturated carbocycles. The number of hydrogen-bond donors (Lipinski definition) is 1. The Morgan fingerprint density at radius 2 is 2.00 bits per heavy atom. The lowest BCUT2D eigenvalue weighted by Gasteiger charge is -2.22. The van der Waals surface area contributed by atoms with E-state index in [1.54, 1.807) is 0 Å². The third-order valence-corrected chi connectivity index (χ3v) is 3.63. The molecule has 0 saturated heterocycles. The van der Waals surface area contributed by atoms with Crippen molar-refractivity contribution in [3.8, 4) is 6.07 Å². The summed E-state index contributed by atoms with van der Waals surface area (Å²) in [5, 5.41) is 30.8. The van der Waals surface area contributed by atoms with E-state index in [1.165, 1.54) is 31.2 Å². The maximum absolute atomic E-state index is 12.3. The van der Waals surface area contributed by atoms with Crippen LogP contribution in [-0.2, 0) is 19.1 Å². The maximum atomic E-state index is 12.3. The van der Waals surface area contributed by atoms with Gasteiger partial charge in [-0.1, -0.05) is 18.2 Å². The smallest absolute Gasteiger partial charge is 0.354 e. The molecule has 0 aliphatic carbocycles. The highest BCUT2D eigenvalue weighted by Crippen LogP contribution is 2.37. The highest BCUT2D eigenvalue weighted by molar-refractivity contribution is 5.99. The summed E-state index contributed by atoms with van der Waals surface area (Å²) in [7, 11) is 0.999. The number of methoxy groups -OCH3 is 1. The number of nitriles is 1. The predicted octanol–water partition coefficient (Wildman–Crippen LogP) is 2.06. The number of aliphatic hydroxyl groups excluding tert-OH is 1. The van der Waals surface area contributed by atoms with Gasteiger partial charge in [0.25, 0.3) is 0 Å². The van der Waals surface area contributed by atoms with E-state index in [2.05, 4.69) is 4.74 Å². The molecule has 26 heavy (non-hydrogen) atoms. The predicted molar refractivity (Wildman–Crippen MR) is 88.4 cm³/mol. The molecule has 0 amide bonds. The minimum atomic E-state index is -1.64. The minimum absolute atomic E-state index is 0.0105. The van der Waals surface area contributed by atoms with Gasteiger partial charge in [-0.3, -0.25) is 19.7 Å². The summed E-state index contributed by atoms with van der Waals surface area (Å²) < 4.78 is 9.44. The lowest BCUT2D eigenvalue weighted by molar-refractivity contribution is -0.436. The van der Waals surface area contributed by atoms with Crippen LogP contribution in [0, 0.1) is 27.4 Å². The van der Waals surface area contributed by atoms with Crippen LogP contribution in [0.5, 0.6) is 0 Å². The van der Waals surface area contributed by atoms with Gasteiger partial charge in [0.2, 0.25) is 0 Å². The quantitative estimate of drug-likeness (QED) is 0.244. The fourth-order valence-corrected chi connectivity index (χ4v) is 2.55. The van der Waals surface area contributed by atoms with E-state index in [9.17, 15) is 30.1 Å². The van der Waals surface area contributed by atoms with E-state index in [1.807, 2.05) is 6.07 Å². The fourth-order valence-electron chi connectivity index (χ4n) is 2.55. The Morgan fingerprint density at radius 3 is 2.46 bits per heavy atom. The van der Waals surface area contributed by atoms with Gasteiger partial charge in [-0.25, -0.2) is 0 Å². The Hall–Kier alpha value is -3.41. The molecule has 1 N–H and O–H groups in total. The zero-order valence-corrected chi connectivity index (χ0v) is 14.5. The summed E-state index contributed by atoms with van der Waals surface area (Å²) in [6, 6.07) is 7.63. The van der Waals surface area contributed by atoms with Crippen LogP contribution in [0.4, 0.5) is 0 Å². The van der Waals surface area contributed by atoms with Gasteiger partial charge >= 0.3 is 17.6 Å². The Bertz CT molecular complexity index is 780. The van der Waals surface area contributed by atoms with Gasteiger partial charge < -0.3 is 14.6 Å². The monoisotopic (exact) mass is 362 g/mol. The molecule has 9 heteroatoms. The summed E-state index contributed by atoms with van der Waals surface area (Å²) in [5.74, 6) is -5.99. The van der Waals surface area contributed by atoms with Crippen LogP contribution in [0.2, 0.25) is 0 Å². The number of ether oxygens (including phenoxy) is 2. The van der Waals surface area contributed by atoms with Crippen LogP contribution in [0.25, 0.3) is 0 Å². The second-order valence-electron chi connectivity index (χ2n) is 5.17. The third-order valence-electron chi connectivity index (χ3n) is 3.63. The molecule has 1 aromatic rings. The van der Waals surface area contributed by atoms with Crippen molar-refractivity contribution in [3.63, 3.8) is 0 Å². The first-order chi connectivity index (χ1) is 12.3. The number of aliphatic hydroxyl groups is 1. The molecule has 1 aromatic carbocycles. The highest BCUT2D eigenvalue weighted by Gasteiger charge is 2.46. The number of ketones is 1. The largest absolute Gasteiger partial charge is 0.476 e. The van der Waals surface area contributed by atoms with E-state index in [-0.39, 0.29) is 17.7 Å². The minimum Gasteiger partial charge on any atom is -0.476 e. The van der Waals surface area contributed by atoms with E-state index >= 15 is 0 Å². The van der Waals surface area contributed by atoms with E-state index in [0.29, 0.717) is 0 Å². The number of Topliss-reactive ketones (excluding diaryl/α,β-unsaturated/α-hetero) is 1. The lowest BCUT2D eigenvalue weighted by atomic mass is 9.79. The number of rotatable bonds is 8. The average molecular weight is 362 g/mol. The maximum Gasteiger partial charge on any atom is 0.354 e. The molecular weight excluding hydrogens is 344 g/mol. The molecule has 138 valence electrons. The van der Waals surface area contributed by atoms with Crippen LogP contribution >= 0.6 is 0 Å². The van der Waals surface area contributed by atoms with Crippen molar-refractivity contribution in [3.05, 3.63) is 57.1 Å². The van der Waals surface area contributed by atoms with Crippen molar-refractivity contribution in [1.82, 2.24) is 0 Å². The number of carbonyl (C=O) groups is 2.